The van der Waals surface area contributed by atoms with Gasteiger partial charge in [-0.25, -0.2) is 18.7 Å². The minimum Gasteiger partial charge on any atom is -0.369 e. The summed E-state index contributed by atoms with van der Waals surface area (Å²) in [4.78, 5) is 53.7. The summed E-state index contributed by atoms with van der Waals surface area (Å²) in [5.41, 5.74) is 5.35. The van der Waals surface area contributed by atoms with Crippen LogP contribution < -0.4 is 16.3 Å². The van der Waals surface area contributed by atoms with Gasteiger partial charge < -0.3 is 30.0 Å². The van der Waals surface area contributed by atoms with Gasteiger partial charge in [-0.1, -0.05) is 0 Å². The van der Waals surface area contributed by atoms with E-state index in [1.54, 1.807) is 12.1 Å². The molecule has 0 aromatic carbocycles. The number of fused-ring (bicyclic) bond motifs is 1. The number of phosphoric ester groups is 1. The van der Waals surface area contributed by atoms with Gasteiger partial charge >= 0.3 is 23.5 Å². The molecule has 0 radical (unpaired) electrons. The Morgan fingerprint density at radius 2 is 1.90 bits per heavy atom. The summed E-state index contributed by atoms with van der Waals surface area (Å²) in [5, 5.41) is 3.04. The van der Waals surface area contributed by atoms with Gasteiger partial charge in [-0.15, -0.1) is 0 Å². The first-order valence-corrected chi connectivity index (χ1v) is 12.6. The lowest BCUT2D eigenvalue weighted by atomic mass is 10.2. The van der Waals surface area contributed by atoms with Gasteiger partial charge in [-0.2, -0.15) is 18.6 Å². The maximum atomic E-state index is 11.8. The number of aromatic amines is 1. The Morgan fingerprint density at radius 3 is 2.53 bits per heavy atom. The first kappa shape index (κ1) is 23.5. The summed E-state index contributed by atoms with van der Waals surface area (Å²) in [6.45, 7) is -0.549. The van der Waals surface area contributed by atoms with Crippen molar-refractivity contribution in [2.45, 2.75) is 25.2 Å². The molecule has 0 amide bonds. The third-order valence-electron chi connectivity index (χ3n) is 3.91. The van der Waals surface area contributed by atoms with E-state index in [1.807, 2.05) is 0 Å². The number of hydrogen-bond acceptors (Lipinski definition) is 12. The van der Waals surface area contributed by atoms with Crippen LogP contribution in [-0.4, -0.2) is 60.5 Å². The summed E-state index contributed by atoms with van der Waals surface area (Å²) >= 11 is 0. The van der Waals surface area contributed by atoms with Crippen LogP contribution in [0.5, 0.6) is 0 Å². The molecule has 30 heavy (non-hydrogen) atoms. The summed E-state index contributed by atoms with van der Waals surface area (Å²) in [6, 6.07) is 0. The third-order valence-corrected chi connectivity index (χ3v) is 7.72. The molecule has 0 saturated carbocycles. The van der Waals surface area contributed by atoms with E-state index in [4.69, 9.17) is 25.2 Å². The molecule has 17 nitrogen and oxygen atoms in total. The first-order valence-electron chi connectivity index (χ1n) is 8.04. The maximum Gasteiger partial charge on any atom is 0.490 e. The first-order chi connectivity index (χ1) is 13.7. The topological polar surface area (TPSA) is 247 Å². The highest BCUT2D eigenvalue weighted by Gasteiger charge is 2.45. The number of ether oxygens (including phenoxy) is 1. The summed E-state index contributed by atoms with van der Waals surface area (Å²) in [5.74, 6) is 0.315. The van der Waals surface area contributed by atoms with Gasteiger partial charge in [0.1, 0.15) is 6.23 Å². The van der Waals surface area contributed by atoms with E-state index in [-0.39, 0.29) is 5.95 Å². The minimum atomic E-state index is -5.58. The van der Waals surface area contributed by atoms with Gasteiger partial charge in [0.05, 0.1) is 12.7 Å². The highest BCUT2D eigenvalue weighted by atomic mass is 31.3. The average molecular weight is 493 g/mol. The second-order valence-electron chi connectivity index (χ2n) is 6.19. The van der Waals surface area contributed by atoms with Gasteiger partial charge in [-0.3, -0.25) is 14.3 Å². The number of rotatable bonds is 9. The summed E-state index contributed by atoms with van der Waals surface area (Å²) in [6.07, 6.45) is -0.518. The largest absolute Gasteiger partial charge is 0.490 e. The molecule has 4 atom stereocenters. The smallest absolute Gasteiger partial charge is 0.369 e. The predicted molar refractivity (Wildman–Crippen MR) is 96.9 cm³/mol. The SMILES string of the molecule is CN([C@H]1CC[C@@H](COP(=O)(O)OP(=O)(O)OP(=O)(O)O)O1)N1c2nc(N)[nH]c(=O)c21. The Labute approximate surface area is 167 Å². The Bertz CT molecular complexity index is 1030. The Balaban J connectivity index is 1.51. The standard InChI is InChI=1S/C10H18N5O12P3/c1-14(15-7-8(15)12-10(11)13-9(7)16)6-3-2-5(25-6)4-24-29(20,21)27-30(22,23)26-28(17,18)19/h5-6H,2-4H2,1H3,(H,20,21)(H,22,23)(H2,17,18,19)(H3,11,12,13,16)/t5-,6+,15?/m0/s1. The number of nitrogens with zero attached hydrogens (tertiary/aromatic N) is 3. The summed E-state index contributed by atoms with van der Waals surface area (Å²) < 4.78 is 51.1. The molecule has 1 saturated heterocycles. The van der Waals surface area contributed by atoms with E-state index in [2.05, 4.69) is 23.1 Å². The van der Waals surface area contributed by atoms with Crippen LogP contribution in [0.4, 0.5) is 17.5 Å². The quantitative estimate of drug-likeness (QED) is 0.187. The van der Waals surface area contributed by atoms with Crippen molar-refractivity contribution in [1.29, 1.82) is 0 Å². The molecule has 170 valence electrons. The van der Waals surface area contributed by atoms with Crippen LogP contribution in [0.3, 0.4) is 0 Å². The van der Waals surface area contributed by atoms with Crippen LogP contribution in [-0.2, 0) is 31.6 Å². The van der Waals surface area contributed by atoms with E-state index < -0.39 is 48.0 Å². The van der Waals surface area contributed by atoms with E-state index >= 15 is 0 Å². The van der Waals surface area contributed by atoms with Gasteiger partial charge in [-0.05, 0) is 12.8 Å². The Hall–Kier alpha value is -1.19. The van der Waals surface area contributed by atoms with Crippen molar-refractivity contribution in [3.63, 3.8) is 0 Å². The molecule has 3 heterocycles. The Morgan fingerprint density at radius 1 is 1.23 bits per heavy atom. The monoisotopic (exact) mass is 493 g/mol. The maximum absolute atomic E-state index is 11.8. The Kier molecular flexibility index (Phi) is 6.30. The van der Waals surface area contributed by atoms with Crippen molar-refractivity contribution in [3.05, 3.63) is 10.4 Å². The molecule has 1 aromatic heterocycles. The summed E-state index contributed by atoms with van der Waals surface area (Å²) in [7, 11) is -14.6. The molecule has 20 heteroatoms. The van der Waals surface area contributed by atoms with E-state index in [1.165, 1.54) is 5.01 Å². The normalized spacial score (nSPS) is 25.1. The average Bonchev–Trinajstić information content (AvgIpc) is 3.06. The molecule has 0 spiro atoms. The minimum absolute atomic E-state index is 0.0455. The molecule has 2 unspecified atom stereocenters. The zero-order chi connectivity index (χ0) is 22.5. The highest BCUT2D eigenvalue weighted by molar-refractivity contribution is 7.66. The number of aromatic nitrogens is 2. The van der Waals surface area contributed by atoms with Gasteiger partial charge in [0.2, 0.25) is 5.95 Å². The van der Waals surface area contributed by atoms with Crippen LogP contribution in [0.25, 0.3) is 0 Å². The number of nitrogens with two attached hydrogens (primary N) is 1. The molecule has 1 fully saturated rings. The number of phosphoric acid groups is 3. The van der Waals surface area contributed by atoms with Crippen LogP contribution in [0.1, 0.15) is 12.8 Å². The molecule has 7 N–H and O–H groups in total. The molecular formula is C10H18N5O12P3. The van der Waals surface area contributed by atoms with Crippen molar-refractivity contribution < 1.29 is 51.2 Å². The predicted octanol–water partition coefficient (Wildman–Crippen LogP) is -0.501. The molecule has 0 aliphatic carbocycles. The lowest BCUT2D eigenvalue weighted by Crippen LogP contribution is -2.38. The molecule has 2 aliphatic rings. The number of hydrazine groups is 1. The fourth-order valence-corrected chi connectivity index (χ4v) is 5.81. The third kappa shape index (κ3) is 5.73. The lowest BCUT2D eigenvalue weighted by molar-refractivity contribution is -0.0552. The van der Waals surface area contributed by atoms with Crippen molar-refractivity contribution >= 4 is 40.9 Å². The molecular weight excluding hydrogens is 475 g/mol. The number of H-pyrrole nitrogens is 1. The van der Waals surface area contributed by atoms with Crippen LogP contribution >= 0.6 is 23.5 Å². The lowest BCUT2D eigenvalue weighted by Gasteiger charge is -2.25. The fraction of sp³-hybridized carbons (Fsp3) is 0.600. The van der Waals surface area contributed by atoms with Gasteiger partial charge in [0.15, 0.2) is 11.5 Å². The van der Waals surface area contributed by atoms with Crippen molar-refractivity contribution in [2.24, 2.45) is 0 Å². The van der Waals surface area contributed by atoms with E-state index in [0.717, 1.165) is 0 Å². The zero-order valence-electron chi connectivity index (χ0n) is 15.1. The number of nitrogens with one attached hydrogen (secondary N) is 1. The molecule has 3 rings (SSSR count). The van der Waals surface area contributed by atoms with Crippen LogP contribution in [0.15, 0.2) is 4.79 Å². The number of nitrogen functional groups attached to an aromatic ring is 1. The number of hydrogen-bond donors (Lipinski definition) is 6. The molecule has 1 aromatic rings. The van der Waals surface area contributed by atoms with Crippen LogP contribution in [0.2, 0.25) is 0 Å². The van der Waals surface area contributed by atoms with E-state index in [0.29, 0.717) is 24.3 Å². The second kappa shape index (κ2) is 8.06. The highest BCUT2D eigenvalue weighted by Crippen LogP contribution is 2.66. The van der Waals surface area contributed by atoms with Gasteiger partial charge in [0, 0.05) is 7.05 Å². The van der Waals surface area contributed by atoms with Crippen molar-refractivity contribution in [3.8, 4) is 0 Å². The number of anilines is 3. The van der Waals surface area contributed by atoms with Crippen molar-refractivity contribution in [2.75, 3.05) is 24.4 Å². The second-order valence-corrected chi connectivity index (χ2v) is 10.6. The van der Waals surface area contributed by atoms with Crippen LogP contribution in [0, 0.1) is 0 Å². The fourth-order valence-electron chi connectivity index (χ4n) is 2.76. The molecule has 2 aliphatic heterocycles. The van der Waals surface area contributed by atoms with E-state index in [9.17, 15) is 23.4 Å². The van der Waals surface area contributed by atoms with Gasteiger partial charge in [0.25, 0.3) is 5.56 Å². The van der Waals surface area contributed by atoms with Crippen molar-refractivity contribution in [1.82, 2.24) is 15.0 Å². The zero-order valence-corrected chi connectivity index (χ0v) is 17.8. The molecule has 0 bridgehead atoms.